The number of benzene rings is 3. The van der Waals surface area contributed by atoms with E-state index in [-0.39, 0.29) is 0 Å². The van der Waals surface area contributed by atoms with E-state index in [0.717, 1.165) is 27.4 Å². The van der Waals surface area contributed by atoms with Gasteiger partial charge < -0.3 is 9.47 Å². The predicted octanol–water partition coefficient (Wildman–Crippen LogP) is 5.32. The van der Waals surface area contributed by atoms with Crippen LogP contribution in [0.15, 0.2) is 94.3 Å². The van der Waals surface area contributed by atoms with Gasteiger partial charge in [-0.15, -0.1) is 11.3 Å². The molecule has 0 radical (unpaired) electrons. The molecule has 0 unspecified atom stereocenters. The normalized spacial score (nSPS) is 11.9. The second-order valence-electron chi connectivity index (χ2n) is 7.05. The van der Waals surface area contributed by atoms with Crippen molar-refractivity contribution >= 4 is 17.6 Å². The van der Waals surface area contributed by atoms with E-state index in [1.54, 1.807) is 25.6 Å². The van der Waals surface area contributed by atoms with Crippen LogP contribution in [0.5, 0.6) is 5.75 Å². The molecule has 1 heterocycles. The quantitative estimate of drug-likeness (QED) is 0.273. The molecule has 0 bridgehead atoms. The average Bonchev–Trinajstić information content (AvgIpc) is 3.26. The first-order valence-electron chi connectivity index (χ1n) is 10.3. The molecule has 32 heavy (non-hydrogen) atoms. The summed E-state index contributed by atoms with van der Waals surface area (Å²) in [6, 6.07) is 26.7. The second kappa shape index (κ2) is 10.7. The molecule has 0 atom stereocenters. The van der Waals surface area contributed by atoms with Gasteiger partial charge >= 0.3 is 0 Å². The second-order valence-corrected chi connectivity index (χ2v) is 7.89. The summed E-state index contributed by atoms with van der Waals surface area (Å²) in [5.74, 6) is 0.797. The molecule has 0 saturated heterocycles. The van der Waals surface area contributed by atoms with Crippen molar-refractivity contribution in [1.29, 1.82) is 0 Å². The van der Waals surface area contributed by atoms with Gasteiger partial charge in [0.1, 0.15) is 5.75 Å². The number of hydrogen-bond acceptors (Lipinski definition) is 5. The lowest BCUT2D eigenvalue weighted by Crippen LogP contribution is -2.13. The van der Waals surface area contributed by atoms with E-state index in [2.05, 4.69) is 58.9 Å². The predicted molar refractivity (Wildman–Crippen MR) is 131 cm³/mol. The molecule has 4 aromatic rings. The number of methoxy groups -OCH3 is 2. The maximum atomic E-state index is 5.32. The molecule has 0 aliphatic heterocycles. The number of aromatic nitrogens is 1. The molecule has 1 aromatic heterocycles. The van der Waals surface area contributed by atoms with Crippen LogP contribution in [-0.2, 0) is 4.74 Å². The molecule has 0 fully saturated rings. The van der Waals surface area contributed by atoms with Crippen LogP contribution in [-0.4, -0.2) is 38.3 Å². The Kier molecular flexibility index (Phi) is 7.27. The van der Waals surface area contributed by atoms with E-state index >= 15 is 0 Å². The van der Waals surface area contributed by atoms with Gasteiger partial charge in [-0.05, 0) is 28.8 Å². The standard InChI is InChI=1S/C26H25N3O2S/c1-30-16-15-27-26-29(28-18-20-7-6-10-24(17-20)31-2)25(19-32-26)23-13-11-22(12-14-23)21-8-4-3-5-9-21/h3-14,17-19H,15-16H2,1-2H3/b27-26?,28-18+. The largest absolute Gasteiger partial charge is 0.497 e. The SMILES string of the molecule is COCCN=c1scc(-c2ccc(-c3ccccc3)cc2)n1/N=C/c1cccc(OC)c1. The summed E-state index contributed by atoms with van der Waals surface area (Å²) >= 11 is 1.57. The minimum absolute atomic E-state index is 0.568. The Labute approximate surface area is 191 Å². The van der Waals surface area contributed by atoms with Crippen molar-refractivity contribution < 1.29 is 9.47 Å². The zero-order valence-electron chi connectivity index (χ0n) is 18.1. The molecular weight excluding hydrogens is 418 g/mol. The highest BCUT2D eigenvalue weighted by atomic mass is 32.1. The van der Waals surface area contributed by atoms with Crippen molar-refractivity contribution in [3.05, 3.63) is 94.6 Å². The number of ether oxygens (including phenoxy) is 2. The van der Waals surface area contributed by atoms with Crippen LogP contribution < -0.4 is 9.54 Å². The number of hydrogen-bond donors (Lipinski definition) is 0. The first-order valence-corrected chi connectivity index (χ1v) is 11.2. The Hall–Kier alpha value is -3.48. The lowest BCUT2D eigenvalue weighted by molar-refractivity contribution is 0.207. The zero-order chi connectivity index (χ0) is 22.2. The van der Waals surface area contributed by atoms with E-state index < -0.39 is 0 Å². The summed E-state index contributed by atoms with van der Waals surface area (Å²) in [5.41, 5.74) is 5.41. The number of nitrogens with zero attached hydrogens (tertiary/aromatic N) is 3. The van der Waals surface area contributed by atoms with Gasteiger partial charge in [0.15, 0.2) is 0 Å². The van der Waals surface area contributed by atoms with Crippen LogP contribution >= 0.6 is 11.3 Å². The maximum absolute atomic E-state index is 5.32. The third kappa shape index (κ3) is 5.22. The van der Waals surface area contributed by atoms with Gasteiger partial charge in [0.05, 0.1) is 32.2 Å². The lowest BCUT2D eigenvalue weighted by atomic mass is 10.0. The van der Waals surface area contributed by atoms with Crippen LogP contribution in [0.4, 0.5) is 0 Å². The summed E-state index contributed by atoms with van der Waals surface area (Å²) in [4.78, 5) is 5.49. The van der Waals surface area contributed by atoms with E-state index in [9.17, 15) is 0 Å². The van der Waals surface area contributed by atoms with Crippen molar-refractivity contribution in [2.75, 3.05) is 27.4 Å². The fourth-order valence-corrected chi connectivity index (χ4v) is 4.12. The first kappa shape index (κ1) is 21.7. The first-order chi connectivity index (χ1) is 15.8. The van der Waals surface area contributed by atoms with Crippen molar-refractivity contribution in [3.8, 4) is 28.1 Å². The Morgan fingerprint density at radius 2 is 1.62 bits per heavy atom. The summed E-state index contributed by atoms with van der Waals surface area (Å²) in [7, 11) is 3.34. The van der Waals surface area contributed by atoms with Crippen LogP contribution in [0.2, 0.25) is 0 Å². The maximum Gasteiger partial charge on any atom is 0.206 e. The monoisotopic (exact) mass is 443 g/mol. The molecule has 6 heteroatoms. The molecule has 0 N–H and O–H groups in total. The fraction of sp³-hybridized carbons (Fsp3) is 0.154. The molecule has 0 amide bonds. The minimum Gasteiger partial charge on any atom is -0.497 e. The molecule has 0 aliphatic rings. The molecule has 5 nitrogen and oxygen atoms in total. The van der Waals surface area contributed by atoms with Gasteiger partial charge in [-0.2, -0.15) is 5.10 Å². The summed E-state index contributed by atoms with van der Waals surface area (Å²) in [6.07, 6.45) is 1.83. The number of rotatable bonds is 8. The molecule has 162 valence electrons. The lowest BCUT2D eigenvalue weighted by Gasteiger charge is -2.06. The van der Waals surface area contributed by atoms with E-state index in [1.807, 2.05) is 41.2 Å². The topological polar surface area (TPSA) is 48.1 Å². The highest BCUT2D eigenvalue weighted by Gasteiger charge is 2.08. The highest BCUT2D eigenvalue weighted by molar-refractivity contribution is 7.07. The van der Waals surface area contributed by atoms with Gasteiger partial charge in [0, 0.05) is 18.1 Å². The van der Waals surface area contributed by atoms with Gasteiger partial charge in [-0.3, -0.25) is 4.99 Å². The Bertz CT molecular complexity index is 1240. The molecule has 0 aliphatic carbocycles. The molecular formula is C26H25N3O2S. The van der Waals surface area contributed by atoms with E-state index in [4.69, 9.17) is 14.6 Å². The van der Waals surface area contributed by atoms with Crippen LogP contribution in [0, 0.1) is 0 Å². The summed E-state index contributed by atoms with van der Waals surface area (Å²) < 4.78 is 12.4. The Morgan fingerprint density at radius 3 is 2.38 bits per heavy atom. The molecule has 0 spiro atoms. The summed E-state index contributed by atoms with van der Waals surface area (Å²) in [5, 5.41) is 6.85. The van der Waals surface area contributed by atoms with Gasteiger partial charge in [-0.25, -0.2) is 4.68 Å². The molecule has 4 rings (SSSR count). The van der Waals surface area contributed by atoms with Gasteiger partial charge in [0.25, 0.3) is 0 Å². The van der Waals surface area contributed by atoms with Crippen LogP contribution in [0.3, 0.4) is 0 Å². The number of thiazole rings is 1. The smallest absolute Gasteiger partial charge is 0.206 e. The molecule has 0 saturated carbocycles. The minimum atomic E-state index is 0.568. The highest BCUT2D eigenvalue weighted by Crippen LogP contribution is 2.25. The van der Waals surface area contributed by atoms with Crippen molar-refractivity contribution in [3.63, 3.8) is 0 Å². The Morgan fingerprint density at radius 1 is 0.875 bits per heavy atom. The zero-order valence-corrected chi connectivity index (χ0v) is 19.0. The van der Waals surface area contributed by atoms with Crippen molar-refractivity contribution in [1.82, 2.24) is 4.68 Å². The van der Waals surface area contributed by atoms with Gasteiger partial charge in [-0.1, -0.05) is 66.7 Å². The van der Waals surface area contributed by atoms with Gasteiger partial charge in [0.2, 0.25) is 4.80 Å². The van der Waals surface area contributed by atoms with E-state index in [1.165, 1.54) is 11.1 Å². The molecule has 3 aromatic carbocycles. The van der Waals surface area contributed by atoms with E-state index in [0.29, 0.717) is 13.2 Å². The third-order valence-corrected chi connectivity index (χ3v) is 5.79. The fourth-order valence-electron chi connectivity index (χ4n) is 3.26. The summed E-state index contributed by atoms with van der Waals surface area (Å²) in [6.45, 7) is 1.15. The Balaban J connectivity index is 1.70. The van der Waals surface area contributed by atoms with Crippen molar-refractivity contribution in [2.24, 2.45) is 10.1 Å². The van der Waals surface area contributed by atoms with Crippen LogP contribution in [0.1, 0.15) is 5.56 Å². The van der Waals surface area contributed by atoms with Crippen LogP contribution in [0.25, 0.3) is 22.4 Å². The third-order valence-electron chi connectivity index (χ3n) is 4.93. The van der Waals surface area contributed by atoms with Crippen molar-refractivity contribution in [2.45, 2.75) is 0 Å². The average molecular weight is 444 g/mol.